The van der Waals surface area contributed by atoms with E-state index >= 15 is 0 Å². The van der Waals surface area contributed by atoms with Crippen LogP contribution in [0.4, 0.5) is 0 Å². The minimum Gasteiger partial charge on any atom is -0.480 e. The summed E-state index contributed by atoms with van der Waals surface area (Å²) >= 11 is 0. The van der Waals surface area contributed by atoms with Crippen LogP contribution in [0.15, 0.2) is 48.9 Å². The summed E-state index contributed by atoms with van der Waals surface area (Å²) in [7, 11) is 1.95. The Morgan fingerprint density at radius 3 is 2.68 bits per heavy atom. The zero-order chi connectivity index (χ0) is 15.7. The molecule has 0 amide bonds. The molecule has 0 saturated carbocycles. The molecule has 0 saturated heterocycles. The number of aromatic nitrogens is 2. The van der Waals surface area contributed by atoms with E-state index in [1.807, 2.05) is 42.1 Å². The molecule has 0 radical (unpaired) electrons. The van der Waals surface area contributed by atoms with Crippen molar-refractivity contribution in [1.82, 2.24) is 9.55 Å². The number of pyridine rings is 1. The highest BCUT2D eigenvalue weighted by atomic mass is 16.4. The maximum absolute atomic E-state index is 10.9. The standard InChI is InChI=1S/C17H17N3O2/c1-20-10-13(8-15(18)17(21)22)14-3-2-12(9-16(14)20)11-4-6-19-7-5-11/h2-7,9-10,15H,8,18H2,1H3,(H,21,22). The van der Waals surface area contributed by atoms with Gasteiger partial charge < -0.3 is 15.4 Å². The first-order chi connectivity index (χ1) is 10.6. The van der Waals surface area contributed by atoms with Crippen LogP contribution in [0.3, 0.4) is 0 Å². The molecule has 5 nitrogen and oxygen atoms in total. The molecule has 0 spiro atoms. The van der Waals surface area contributed by atoms with E-state index in [0.29, 0.717) is 6.42 Å². The SMILES string of the molecule is Cn1cc(CC(N)C(=O)O)c2ccc(-c3ccncc3)cc21. The number of carboxylic acids is 1. The summed E-state index contributed by atoms with van der Waals surface area (Å²) in [6, 6.07) is 9.20. The number of carboxylic acid groups (broad SMARTS) is 1. The second-order valence-electron chi connectivity index (χ2n) is 5.38. The summed E-state index contributed by atoms with van der Waals surface area (Å²) in [4.78, 5) is 15.0. The van der Waals surface area contributed by atoms with Crippen molar-refractivity contribution in [2.75, 3.05) is 0 Å². The first-order valence-electron chi connectivity index (χ1n) is 7.03. The molecule has 3 N–H and O–H groups in total. The van der Waals surface area contributed by atoms with Gasteiger partial charge in [-0.2, -0.15) is 0 Å². The number of aliphatic carboxylic acids is 1. The molecular formula is C17H17N3O2. The van der Waals surface area contributed by atoms with Gasteiger partial charge in [0, 0.05) is 43.0 Å². The van der Waals surface area contributed by atoms with E-state index < -0.39 is 12.0 Å². The third kappa shape index (κ3) is 2.58. The third-order valence-electron chi connectivity index (χ3n) is 3.84. The number of fused-ring (bicyclic) bond motifs is 1. The van der Waals surface area contributed by atoms with E-state index in [4.69, 9.17) is 10.8 Å². The minimum atomic E-state index is -0.981. The predicted octanol–water partition coefficient (Wildman–Crippen LogP) is 2.19. The molecule has 0 bridgehead atoms. The van der Waals surface area contributed by atoms with Crippen LogP contribution in [0.5, 0.6) is 0 Å². The van der Waals surface area contributed by atoms with Crippen LogP contribution in [0.1, 0.15) is 5.56 Å². The minimum absolute atomic E-state index is 0.321. The highest BCUT2D eigenvalue weighted by Crippen LogP contribution is 2.27. The predicted molar refractivity (Wildman–Crippen MR) is 85.5 cm³/mol. The second-order valence-corrected chi connectivity index (χ2v) is 5.38. The molecule has 5 heteroatoms. The monoisotopic (exact) mass is 295 g/mol. The van der Waals surface area contributed by atoms with Crippen molar-refractivity contribution in [3.63, 3.8) is 0 Å². The number of hydrogen-bond donors (Lipinski definition) is 2. The molecule has 3 rings (SSSR count). The zero-order valence-electron chi connectivity index (χ0n) is 12.2. The van der Waals surface area contributed by atoms with Crippen molar-refractivity contribution in [3.05, 3.63) is 54.5 Å². The van der Waals surface area contributed by atoms with Crippen molar-refractivity contribution in [3.8, 4) is 11.1 Å². The van der Waals surface area contributed by atoms with Crippen molar-refractivity contribution in [1.29, 1.82) is 0 Å². The van der Waals surface area contributed by atoms with Gasteiger partial charge in [-0.05, 0) is 34.9 Å². The van der Waals surface area contributed by atoms with Crippen LogP contribution in [0.25, 0.3) is 22.0 Å². The smallest absolute Gasteiger partial charge is 0.320 e. The van der Waals surface area contributed by atoms with Gasteiger partial charge in [0.1, 0.15) is 6.04 Å². The van der Waals surface area contributed by atoms with Crippen molar-refractivity contribution < 1.29 is 9.90 Å². The molecule has 0 aliphatic heterocycles. The molecule has 22 heavy (non-hydrogen) atoms. The Bertz CT molecular complexity index is 825. The lowest BCUT2D eigenvalue weighted by molar-refractivity contribution is -0.138. The molecular weight excluding hydrogens is 278 g/mol. The molecule has 0 fully saturated rings. The van der Waals surface area contributed by atoms with Crippen LogP contribution in [-0.2, 0) is 18.3 Å². The molecule has 3 aromatic rings. The van der Waals surface area contributed by atoms with Gasteiger partial charge in [-0.25, -0.2) is 0 Å². The average Bonchev–Trinajstić information content (AvgIpc) is 2.84. The van der Waals surface area contributed by atoms with E-state index in [1.165, 1.54) is 0 Å². The van der Waals surface area contributed by atoms with Crippen LogP contribution in [-0.4, -0.2) is 26.7 Å². The van der Waals surface area contributed by atoms with Gasteiger partial charge in [-0.1, -0.05) is 12.1 Å². The third-order valence-corrected chi connectivity index (χ3v) is 3.84. The van der Waals surface area contributed by atoms with Crippen LogP contribution < -0.4 is 5.73 Å². The van der Waals surface area contributed by atoms with Gasteiger partial charge in [-0.3, -0.25) is 9.78 Å². The first-order valence-corrected chi connectivity index (χ1v) is 7.03. The summed E-state index contributed by atoms with van der Waals surface area (Å²) in [6.45, 7) is 0. The lowest BCUT2D eigenvalue weighted by Crippen LogP contribution is -2.32. The van der Waals surface area contributed by atoms with Crippen LogP contribution in [0.2, 0.25) is 0 Å². The number of rotatable bonds is 4. The lowest BCUT2D eigenvalue weighted by Gasteiger charge is -2.06. The summed E-state index contributed by atoms with van der Waals surface area (Å²) in [5, 5.41) is 10.0. The molecule has 112 valence electrons. The summed E-state index contributed by atoms with van der Waals surface area (Å²) < 4.78 is 2.00. The van der Waals surface area contributed by atoms with Gasteiger partial charge >= 0.3 is 5.97 Å². The van der Waals surface area contributed by atoms with Crippen LogP contribution >= 0.6 is 0 Å². The maximum atomic E-state index is 10.9. The first kappa shape index (κ1) is 14.3. The largest absolute Gasteiger partial charge is 0.480 e. The summed E-state index contributed by atoms with van der Waals surface area (Å²) in [5.41, 5.74) is 9.86. The van der Waals surface area contributed by atoms with E-state index in [9.17, 15) is 4.79 Å². The Kier molecular flexibility index (Phi) is 3.65. The van der Waals surface area contributed by atoms with Gasteiger partial charge in [0.2, 0.25) is 0 Å². The fraction of sp³-hybridized carbons (Fsp3) is 0.176. The van der Waals surface area contributed by atoms with Gasteiger partial charge in [0.15, 0.2) is 0 Å². The quantitative estimate of drug-likeness (QED) is 0.773. The van der Waals surface area contributed by atoms with Gasteiger partial charge in [0.05, 0.1) is 0 Å². The molecule has 2 heterocycles. The van der Waals surface area contributed by atoms with E-state index in [-0.39, 0.29) is 0 Å². The van der Waals surface area contributed by atoms with Crippen molar-refractivity contribution in [2.24, 2.45) is 12.8 Å². The van der Waals surface area contributed by atoms with Gasteiger partial charge in [-0.15, -0.1) is 0 Å². The molecule has 2 aromatic heterocycles. The Hall–Kier alpha value is -2.66. The normalized spacial score (nSPS) is 12.5. The Labute approximate surface area is 128 Å². The number of nitrogens with zero attached hydrogens (tertiary/aromatic N) is 2. The number of nitrogens with two attached hydrogens (primary N) is 1. The molecule has 0 aliphatic rings. The van der Waals surface area contributed by atoms with E-state index in [0.717, 1.165) is 27.6 Å². The van der Waals surface area contributed by atoms with Crippen LogP contribution in [0, 0.1) is 0 Å². The number of aryl methyl sites for hydroxylation is 1. The number of hydrogen-bond acceptors (Lipinski definition) is 3. The van der Waals surface area contributed by atoms with E-state index in [2.05, 4.69) is 11.1 Å². The summed E-state index contributed by atoms with van der Waals surface area (Å²) in [6.07, 6.45) is 5.80. The fourth-order valence-electron chi connectivity index (χ4n) is 2.68. The highest BCUT2D eigenvalue weighted by Gasteiger charge is 2.16. The highest BCUT2D eigenvalue weighted by molar-refractivity contribution is 5.89. The topological polar surface area (TPSA) is 81.1 Å². The number of benzene rings is 1. The molecule has 1 unspecified atom stereocenters. The average molecular weight is 295 g/mol. The Balaban J connectivity index is 2.04. The van der Waals surface area contributed by atoms with Gasteiger partial charge in [0.25, 0.3) is 0 Å². The zero-order valence-corrected chi connectivity index (χ0v) is 12.2. The number of carbonyl (C=O) groups is 1. The fourth-order valence-corrected chi connectivity index (χ4v) is 2.68. The maximum Gasteiger partial charge on any atom is 0.320 e. The molecule has 0 aliphatic carbocycles. The second kappa shape index (κ2) is 5.61. The Morgan fingerprint density at radius 1 is 1.27 bits per heavy atom. The van der Waals surface area contributed by atoms with Crippen molar-refractivity contribution in [2.45, 2.75) is 12.5 Å². The summed E-state index contributed by atoms with van der Waals surface area (Å²) in [5.74, 6) is -0.981. The molecule has 1 aromatic carbocycles. The van der Waals surface area contributed by atoms with Crippen molar-refractivity contribution >= 4 is 16.9 Å². The Morgan fingerprint density at radius 2 is 2.00 bits per heavy atom. The molecule has 1 atom stereocenters. The van der Waals surface area contributed by atoms with E-state index in [1.54, 1.807) is 12.4 Å². The lowest BCUT2D eigenvalue weighted by atomic mass is 10.0.